The van der Waals surface area contributed by atoms with Gasteiger partial charge in [-0.1, -0.05) is 5.16 Å². The second-order valence-electron chi connectivity index (χ2n) is 5.64. The highest BCUT2D eigenvalue weighted by Gasteiger charge is 2.32. The third-order valence-corrected chi connectivity index (χ3v) is 4.04. The van der Waals surface area contributed by atoms with E-state index in [1.54, 1.807) is 19.3 Å². The summed E-state index contributed by atoms with van der Waals surface area (Å²) in [7, 11) is 0. The van der Waals surface area contributed by atoms with E-state index in [0.29, 0.717) is 17.6 Å². The van der Waals surface area contributed by atoms with Crippen molar-refractivity contribution < 1.29 is 9.32 Å². The van der Waals surface area contributed by atoms with Crippen molar-refractivity contribution in [2.75, 3.05) is 11.9 Å². The van der Waals surface area contributed by atoms with E-state index in [0.717, 1.165) is 25.9 Å². The van der Waals surface area contributed by atoms with Gasteiger partial charge in [0.15, 0.2) is 5.82 Å². The lowest BCUT2D eigenvalue weighted by Crippen LogP contribution is -2.46. The highest BCUT2D eigenvalue weighted by Crippen LogP contribution is 2.22. The predicted octanol–water partition coefficient (Wildman–Crippen LogP) is 1.07. The molecule has 0 spiro atoms. The van der Waals surface area contributed by atoms with Gasteiger partial charge in [-0.3, -0.25) is 14.4 Å². The monoisotopic (exact) mass is 304 g/mol. The number of anilines is 1. The summed E-state index contributed by atoms with van der Waals surface area (Å²) in [6, 6.07) is 1.77. The maximum Gasteiger partial charge on any atom is 0.242 e. The van der Waals surface area contributed by atoms with Gasteiger partial charge in [-0.25, -0.2) is 4.98 Å². The summed E-state index contributed by atoms with van der Waals surface area (Å²) >= 11 is 0. The number of hydrogen-bond acceptors (Lipinski definition) is 6. The van der Waals surface area contributed by atoms with Crippen molar-refractivity contribution >= 4 is 11.7 Å². The first kappa shape index (κ1) is 14.7. The van der Waals surface area contributed by atoms with E-state index >= 15 is 0 Å². The molecule has 0 aliphatic carbocycles. The van der Waals surface area contributed by atoms with Crippen LogP contribution in [0.5, 0.6) is 0 Å². The van der Waals surface area contributed by atoms with Gasteiger partial charge < -0.3 is 9.84 Å². The third-order valence-electron chi connectivity index (χ3n) is 4.04. The van der Waals surface area contributed by atoms with Gasteiger partial charge in [0.25, 0.3) is 0 Å². The van der Waals surface area contributed by atoms with E-state index in [-0.39, 0.29) is 11.9 Å². The molecule has 1 N–H and O–H groups in total. The molecule has 8 nitrogen and oxygen atoms in total. The predicted molar refractivity (Wildman–Crippen MR) is 79.1 cm³/mol. The summed E-state index contributed by atoms with van der Waals surface area (Å²) in [6.45, 7) is 5.37. The first-order valence-electron chi connectivity index (χ1n) is 7.46. The van der Waals surface area contributed by atoms with Gasteiger partial charge in [0.05, 0.1) is 12.6 Å². The molecule has 2 aromatic rings. The second kappa shape index (κ2) is 6.27. The van der Waals surface area contributed by atoms with Crippen LogP contribution in [0.4, 0.5) is 5.82 Å². The van der Waals surface area contributed by atoms with Gasteiger partial charge in [0, 0.05) is 12.1 Å². The average Bonchev–Trinajstić information content (AvgIpc) is 3.21. The quantitative estimate of drug-likeness (QED) is 0.888. The molecule has 118 valence electrons. The lowest BCUT2D eigenvalue weighted by molar-refractivity contribution is -0.121. The molecular weight excluding hydrogens is 284 g/mol. The van der Waals surface area contributed by atoms with Crippen molar-refractivity contribution in [1.29, 1.82) is 0 Å². The molecule has 1 amide bonds. The van der Waals surface area contributed by atoms with Gasteiger partial charge in [-0.15, -0.1) is 0 Å². The molecule has 1 saturated heterocycles. The summed E-state index contributed by atoms with van der Waals surface area (Å²) in [4.78, 5) is 18.6. The molecule has 1 aliphatic heterocycles. The topological polar surface area (TPSA) is 89.1 Å². The molecule has 3 heterocycles. The molecular formula is C14H20N6O2. The van der Waals surface area contributed by atoms with Gasteiger partial charge in [0.2, 0.25) is 5.91 Å². The van der Waals surface area contributed by atoms with Crippen molar-refractivity contribution in [3.05, 3.63) is 24.5 Å². The number of amides is 1. The standard InChI is InChI=1S/C14H20N6O2/c1-10-6-13(18-22-10)17-14(21)11(2)20-5-3-4-12(20)7-19-9-15-8-16-19/h6,8-9,11-12H,3-5,7H2,1-2H3,(H,17,18,21). The number of likely N-dealkylation sites (tertiary alicyclic amines) is 1. The van der Waals surface area contributed by atoms with Crippen LogP contribution in [-0.4, -0.2) is 49.4 Å². The summed E-state index contributed by atoms with van der Waals surface area (Å²) in [6.07, 6.45) is 5.38. The number of hydrogen-bond donors (Lipinski definition) is 1. The van der Waals surface area contributed by atoms with Crippen molar-refractivity contribution in [1.82, 2.24) is 24.8 Å². The number of rotatable bonds is 5. The summed E-state index contributed by atoms with van der Waals surface area (Å²) < 4.78 is 6.78. The Morgan fingerprint density at radius 3 is 3.14 bits per heavy atom. The zero-order valence-corrected chi connectivity index (χ0v) is 12.8. The average molecular weight is 304 g/mol. The Hall–Kier alpha value is -2.22. The molecule has 0 aromatic carbocycles. The Kier molecular flexibility index (Phi) is 4.19. The number of aromatic nitrogens is 4. The van der Waals surface area contributed by atoms with Crippen LogP contribution in [0.2, 0.25) is 0 Å². The molecule has 0 bridgehead atoms. The molecule has 22 heavy (non-hydrogen) atoms. The van der Waals surface area contributed by atoms with Gasteiger partial charge in [0.1, 0.15) is 18.4 Å². The first-order chi connectivity index (χ1) is 10.6. The van der Waals surface area contributed by atoms with E-state index in [1.807, 2.05) is 11.6 Å². The maximum absolute atomic E-state index is 12.4. The van der Waals surface area contributed by atoms with Crippen LogP contribution in [0.1, 0.15) is 25.5 Å². The zero-order valence-electron chi connectivity index (χ0n) is 12.8. The summed E-state index contributed by atoms with van der Waals surface area (Å²) in [5.41, 5.74) is 0. The van der Waals surface area contributed by atoms with E-state index in [4.69, 9.17) is 4.52 Å². The van der Waals surface area contributed by atoms with E-state index < -0.39 is 0 Å². The molecule has 0 radical (unpaired) electrons. The molecule has 1 aliphatic rings. The fraction of sp³-hybridized carbons (Fsp3) is 0.571. The Balaban J connectivity index is 1.62. The summed E-state index contributed by atoms with van der Waals surface area (Å²) in [5.74, 6) is 1.06. The third kappa shape index (κ3) is 3.16. The van der Waals surface area contributed by atoms with Crippen molar-refractivity contribution in [2.24, 2.45) is 0 Å². The van der Waals surface area contributed by atoms with Crippen LogP contribution < -0.4 is 5.32 Å². The Labute approximate surface area is 128 Å². The van der Waals surface area contributed by atoms with Crippen molar-refractivity contribution in [2.45, 2.75) is 45.3 Å². The molecule has 8 heteroatoms. The van der Waals surface area contributed by atoms with E-state index in [1.165, 1.54) is 6.33 Å². The minimum atomic E-state index is -0.229. The fourth-order valence-electron chi connectivity index (χ4n) is 2.91. The second-order valence-corrected chi connectivity index (χ2v) is 5.64. The molecule has 0 saturated carbocycles. The normalized spacial score (nSPS) is 20.2. The number of carbonyl (C=O) groups is 1. The van der Waals surface area contributed by atoms with Crippen LogP contribution in [0.25, 0.3) is 0 Å². The van der Waals surface area contributed by atoms with Crippen LogP contribution in [-0.2, 0) is 11.3 Å². The SMILES string of the molecule is Cc1cc(NC(=O)C(C)N2CCCC2Cn2cncn2)no1. The van der Waals surface area contributed by atoms with Crippen LogP contribution >= 0.6 is 0 Å². The molecule has 1 fully saturated rings. The maximum atomic E-state index is 12.4. The van der Waals surface area contributed by atoms with Gasteiger partial charge in [-0.05, 0) is 33.2 Å². The van der Waals surface area contributed by atoms with Crippen molar-refractivity contribution in [3.63, 3.8) is 0 Å². The van der Waals surface area contributed by atoms with Crippen LogP contribution in [0, 0.1) is 6.92 Å². The summed E-state index contributed by atoms with van der Waals surface area (Å²) in [5, 5.41) is 10.7. The number of nitrogens with zero attached hydrogens (tertiary/aromatic N) is 5. The lowest BCUT2D eigenvalue weighted by atomic mass is 10.2. The van der Waals surface area contributed by atoms with Crippen molar-refractivity contribution in [3.8, 4) is 0 Å². The fourth-order valence-corrected chi connectivity index (χ4v) is 2.91. The smallest absolute Gasteiger partial charge is 0.242 e. The minimum absolute atomic E-state index is 0.0706. The highest BCUT2D eigenvalue weighted by molar-refractivity contribution is 5.93. The zero-order chi connectivity index (χ0) is 15.5. The lowest BCUT2D eigenvalue weighted by Gasteiger charge is -2.29. The van der Waals surface area contributed by atoms with E-state index in [2.05, 4.69) is 25.5 Å². The Morgan fingerprint density at radius 1 is 1.59 bits per heavy atom. The number of nitrogens with one attached hydrogen (secondary N) is 1. The molecule has 3 rings (SSSR count). The molecule has 2 atom stereocenters. The molecule has 2 aromatic heterocycles. The minimum Gasteiger partial charge on any atom is -0.360 e. The van der Waals surface area contributed by atoms with Crippen LogP contribution in [0.3, 0.4) is 0 Å². The number of carbonyl (C=O) groups excluding carboxylic acids is 1. The Morgan fingerprint density at radius 2 is 2.45 bits per heavy atom. The first-order valence-corrected chi connectivity index (χ1v) is 7.46. The largest absolute Gasteiger partial charge is 0.360 e. The molecule has 2 unspecified atom stereocenters. The van der Waals surface area contributed by atoms with Gasteiger partial charge >= 0.3 is 0 Å². The van der Waals surface area contributed by atoms with E-state index in [9.17, 15) is 4.79 Å². The van der Waals surface area contributed by atoms with Gasteiger partial charge in [-0.2, -0.15) is 5.10 Å². The van der Waals surface area contributed by atoms with Crippen LogP contribution in [0.15, 0.2) is 23.2 Å². The Bertz CT molecular complexity index is 623. The highest BCUT2D eigenvalue weighted by atomic mass is 16.5. The number of aryl methyl sites for hydroxylation is 1.